The van der Waals surface area contributed by atoms with Gasteiger partial charge in [-0.05, 0) is 19.1 Å². The molecule has 2 N–H and O–H groups in total. The molecule has 1 aliphatic heterocycles. The standard InChI is InChI=1S/C24H21N3O7/c1-13(25-16-10-22-23(33-8-7-32-22)12-18(16)27(29)30)24(28)26-17-11-20-15(9-21(17)31-2)14-5-3-4-6-19(14)34-20/h3-6,9-13,25H,7-8H2,1-2H3,(H,26,28)/t13-/m0/s1. The van der Waals surface area contributed by atoms with Gasteiger partial charge < -0.3 is 29.3 Å². The molecule has 34 heavy (non-hydrogen) atoms. The van der Waals surface area contributed by atoms with Crippen molar-refractivity contribution in [3.8, 4) is 17.2 Å². The molecule has 10 heteroatoms. The van der Waals surface area contributed by atoms with Crippen LogP contribution in [0.2, 0.25) is 0 Å². The summed E-state index contributed by atoms with van der Waals surface area (Å²) in [6.45, 7) is 2.25. The lowest BCUT2D eigenvalue weighted by Gasteiger charge is -2.21. The molecule has 1 aromatic heterocycles. The number of methoxy groups -OCH3 is 1. The van der Waals surface area contributed by atoms with Crippen LogP contribution in [-0.4, -0.2) is 37.2 Å². The van der Waals surface area contributed by atoms with Gasteiger partial charge in [-0.25, -0.2) is 0 Å². The van der Waals surface area contributed by atoms with Crippen LogP contribution in [0.4, 0.5) is 17.1 Å². The summed E-state index contributed by atoms with van der Waals surface area (Å²) in [5, 5.41) is 19.1. The molecule has 5 rings (SSSR count). The molecule has 4 aromatic rings. The molecule has 3 aromatic carbocycles. The minimum absolute atomic E-state index is 0.150. The summed E-state index contributed by atoms with van der Waals surface area (Å²) in [6, 6.07) is 13.1. The van der Waals surface area contributed by atoms with Gasteiger partial charge in [-0.2, -0.15) is 0 Å². The van der Waals surface area contributed by atoms with Crippen LogP contribution in [0.25, 0.3) is 21.9 Å². The Bertz CT molecular complexity index is 1430. The summed E-state index contributed by atoms with van der Waals surface area (Å²) in [6.07, 6.45) is 0. The number of fused-ring (bicyclic) bond motifs is 4. The summed E-state index contributed by atoms with van der Waals surface area (Å²) < 4.78 is 22.3. The number of amides is 1. The molecule has 0 saturated heterocycles. The van der Waals surface area contributed by atoms with Gasteiger partial charge in [0.25, 0.3) is 5.69 Å². The fraction of sp³-hybridized carbons (Fsp3) is 0.208. The topological polar surface area (TPSA) is 125 Å². The van der Waals surface area contributed by atoms with Gasteiger partial charge in [-0.3, -0.25) is 14.9 Å². The molecule has 1 amide bonds. The number of nitro benzene ring substituents is 1. The predicted octanol–water partition coefficient (Wildman–Crippen LogP) is 4.71. The summed E-state index contributed by atoms with van der Waals surface area (Å²) >= 11 is 0. The molecule has 0 saturated carbocycles. The van der Waals surface area contributed by atoms with E-state index in [0.717, 1.165) is 16.4 Å². The van der Waals surface area contributed by atoms with Crippen molar-refractivity contribution < 1.29 is 28.3 Å². The minimum atomic E-state index is -0.822. The van der Waals surface area contributed by atoms with Crippen molar-refractivity contribution in [2.75, 3.05) is 31.0 Å². The van der Waals surface area contributed by atoms with Gasteiger partial charge in [0, 0.05) is 22.9 Å². The molecule has 0 aliphatic carbocycles. The number of carbonyl (C=O) groups excluding carboxylic acids is 1. The molecule has 174 valence electrons. The number of nitrogens with one attached hydrogen (secondary N) is 2. The van der Waals surface area contributed by atoms with Crippen molar-refractivity contribution in [3.63, 3.8) is 0 Å². The van der Waals surface area contributed by atoms with Gasteiger partial charge in [-0.15, -0.1) is 0 Å². The Morgan fingerprint density at radius 3 is 2.50 bits per heavy atom. The molecule has 0 unspecified atom stereocenters. The summed E-state index contributed by atoms with van der Waals surface area (Å²) in [7, 11) is 1.51. The predicted molar refractivity (Wildman–Crippen MR) is 126 cm³/mol. The fourth-order valence-electron chi connectivity index (χ4n) is 3.90. The molecular weight excluding hydrogens is 442 g/mol. The van der Waals surface area contributed by atoms with Crippen molar-refractivity contribution in [3.05, 3.63) is 58.6 Å². The SMILES string of the molecule is COc1cc2c(cc1NC(=O)[C@H](C)Nc1cc3c(cc1[N+](=O)[O-])OCCO3)oc1ccccc12. The van der Waals surface area contributed by atoms with Gasteiger partial charge in [-0.1, -0.05) is 18.2 Å². The largest absolute Gasteiger partial charge is 0.495 e. The van der Waals surface area contributed by atoms with Crippen LogP contribution in [0.5, 0.6) is 17.2 Å². The number of carbonyl (C=O) groups is 1. The van der Waals surface area contributed by atoms with Crippen LogP contribution in [0.1, 0.15) is 6.92 Å². The first-order chi connectivity index (χ1) is 16.4. The molecule has 0 bridgehead atoms. The third kappa shape index (κ3) is 3.79. The molecule has 2 heterocycles. The summed E-state index contributed by atoms with van der Waals surface area (Å²) in [5.74, 6) is 0.719. The lowest BCUT2D eigenvalue weighted by atomic mass is 10.1. The monoisotopic (exact) mass is 463 g/mol. The van der Waals surface area contributed by atoms with E-state index in [1.165, 1.54) is 19.2 Å². The Hall–Kier alpha value is -4.47. The van der Waals surface area contributed by atoms with Crippen LogP contribution in [0, 0.1) is 10.1 Å². The highest BCUT2D eigenvalue weighted by Gasteiger charge is 2.25. The molecule has 0 spiro atoms. The first-order valence-corrected chi connectivity index (χ1v) is 10.6. The van der Waals surface area contributed by atoms with E-state index in [2.05, 4.69) is 10.6 Å². The maximum absolute atomic E-state index is 13.0. The smallest absolute Gasteiger partial charge is 0.296 e. The third-order valence-electron chi connectivity index (χ3n) is 5.58. The van der Waals surface area contributed by atoms with Gasteiger partial charge >= 0.3 is 0 Å². The zero-order chi connectivity index (χ0) is 23.8. The van der Waals surface area contributed by atoms with E-state index in [0.29, 0.717) is 41.7 Å². The second-order valence-corrected chi connectivity index (χ2v) is 7.77. The van der Waals surface area contributed by atoms with Gasteiger partial charge in [0.15, 0.2) is 11.5 Å². The van der Waals surface area contributed by atoms with E-state index in [9.17, 15) is 14.9 Å². The van der Waals surface area contributed by atoms with Crippen LogP contribution in [0.15, 0.2) is 52.9 Å². The third-order valence-corrected chi connectivity index (χ3v) is 5.58. The number of benzene rings is 3. The van der Waals surface area contributed by atoms with Crippen molar-refractivity contribution in [2.45, 2.75) is 13.0 Å². The second-order valence-electron chi connectivity index (χ2n) is 7.77. The maximum Gasteiger partial charge on any atom is 0.296 e. The first-order valence-electron chi connectivity index (χ1n) is 10.6. The zero-order valence-electron chi connectivity index (χ0n) is 18.4. The maximum atomic E-state index is 13.0. The number of furan rings is 1. The number of rotatable bonds is 6. The van der Waals surface area contributed by atoms with Gasteiger partial charge in [0.05, 0.1) is 23.8 Å². The van der Waals surface area contributed by atoms with Crippen LogP contribution in [0.3, 0.4) is 0 Å². The van der Waals surface area contributed by atoms with Crippen molar-refractivity contribution in [2.24, 2.45) is 0 Å². The molecule has 0 fully saturated rings. The highest BCUT2D eigenvalue weighted by Crippen LogP contribution is 2.40. The lowest BCUT2D eigenvalue weighted by molar-refractivity contribution is -0.384. The molecule has 10 nitrogen and oxygen atoms in total. The van der Waals surface area contributed by atoms with E-state index in [-0.39, 0.29) is 11.4 Å². The Kier molecular flexibility index (Phi) is 5.33. The second kappa shape index (κ2) is 8.47. The normalized spacial score (nSPS) is 13.5. The minimum Gasteiger partial charge on any atom is -0.495 e. The van der Waals surface area contributed by atoms with E-state index in [1.54, 1.807) is 19.1 Å². The molecule has 0 radical (unpaired) electrons. The Morgan fingerprint density at radius 2 is 1.76 bits per heavy atom. The quantitative estimate of drug-likeness (QED) is 0.311. The summed E-state index contributed by atoms with van der Waals surface area (Å²) in [4.78, 5) is 24.0. The Morgan fingerprint density at radius 1 is 1.03 bits per heavy atom. The number of nitro groups is 1. The zero-order valence-corrected chi connectivity index (χ0v) is 18.4. The van der Waals surface area contributed by atoms with Crippen LogP contribution >= 0.6 is 0 Å². The number of hydrogen-bond acceptors (Lipinski definition) is 8. The highest BCUT2D eigenvalue weighted by atomic mass is 16.6. The Labute approximate surface area is 193 Å². The average molecular weight is 463 g/mol. The first kappa shape index (κ1) is 21.4. The van der Waals surface area contributed by atoms with Crippen LogP contribution < -0.4 is 24.8 Å². The summed E-state index contributed by atoms with van der Waals surface area (Å²) in [5.41, 5.74) is 1.68. The van der Waals surface area contributed by atoms with Crippen molar-refractivity contribution in [1.82, 2.24) is 0 Å². The number of nitrogens with zero attached hydrogens (tertiary/aromatic N) is 1. The number of ether oxygens (including phenoxy) is 3. The highest BCUT2D eigenvalue weighted by molar-refractivity contribution is 6.08. The Balaban J connectivity index is 1.41. The molecular formula is C24H21N3O7. The lowest BCUT2D eigenvalue weighted by Crippen LogP contribution is -2.32. The van der Waals surface area contributed by atoms with E-state index >= 15 is 0 Å². The van der Waals surface area contributed by atoms with E-state index < -0.39 is 16.9 Å². The number of para-hydroxylation sites is 1. The number of anilines is 2. The van der Waals surface area contributed by atoms with Gasteiger partial charge in [0.2, 0.25) is 5.91 Å². The van der Waals surface area contributed by atoms with E-state index in [1.807, 2.05) is 24.3 Å². The van der Waals surface area contributed by atoms with E-state index in [4.69, 9.17) is 18.6 Å². The molecule has 1 atom stereocenters. The average Bonchev–Trinajstić information content (AvgIpc) is 3.20. The van der Waals surface area contributed by atoms with Crippen LogP contribution in [-0.2, 0) is 4.79 Å². The number of hydrogen-bond donors (Lipinski definition) is 2. The fourth-order valence-corrected chi connectivity index (χ4v) is 3.90. The van der Waals surface area contributed by atoms with Crippen molar-refractivity contribution >= 4 is 44.9 Å². The molecule has 1 aliphatic rings. The van der Waals surface area contributed by atoms with Gasteiger partial charge in [0.1, 0.15) is 41.9 Å². The van der Waals surface area contributed by atoms with Crippen molar-refractivity contribution in [1.29, 1.82) is 0 Å².